The number of carbonyl (C=O) groups excluding carboxylic acids is 2. The monoisotopic (exact) mass is 2220 g/mol. The summed E-state index contributed by atoms with van der Waals surface area (Å²) in [6.45, 7) is 1.58. The van der Waals surface area contributed by atoms with E-state index in [4.69, 9.17) is 99.0 Å². The first-order valence-corrected chi connectivity index (χ1v) is 52.2. The highest BCUT2D eigenvalue weighted by atomic mass is 31.3. The molecule has 53 atom stereocenters. The topological polar surface area (TPSA) is 923 Å². The Balaban J connectivity index is 0.923. The summed E-state index contributed by atoms with van der Waals surface area (Å²) < 4.78 is 154. The first kappa shape index (κ1) is 128. The lowest BCUT2D eigenvalue weighted by Crippen LogP contribution is -2.70. The van der Waals surface area contributed by atoms with E-state index in [0.29, 0.717) is 12.8 Å². The van der Waals surface area contributed by atoms with Gasteiger partial charge in [-0.05, 0) is 98.3 Å². The lowest BCUT2D eigenvalue weighted by atomic mass is 9.94. The van der Waals surface area contributed by atoms with Crippen molar-refractivity contribution in [2.45, 2.75) is 420 Å². The molecule has 0 aromatic heterocycles. The van der Waals surface area contributed by atoms with Crippen LogP contribution in [-0.2, 0) is 122 Å². The Hall–Kier alpha value is -3.76. The van der Waals surface area contributed by atoms with Gasteiger partial charge >= 0.3 is 15.6 Å². The highest BCUT2D eigenvalue weighted by Crippen LogP contribution is 2.62. The standard InChI is InChI=1S/C89H152N2O57P2/c1-33(2)13-9-14-34(3)15-10-16-35(4)17-11-18-36(5)19-12-20-37(6)21-22-129-149(123,124)148-150(125,126)147-81-51(91-39(8)101)61(111)73(47(30-99)137-81)140-80-50(90-38(7)100)60(110)74(46(29-98)136-80)141-86-72(122)76(143-88-79(67(117)57(107)44(27-96)134-88)146-89-78(66(116)56(106)45(28-97)135-89)145-85-70(120)64(114)54(104)42(25-94)132-85)59(109)49(139-86)32-128-83-71(121)75(58(108)48(138-83)31-127-82-68(118)62(112)52(102)40(23-92)130-82)142-87-77(65(115)55(105)43(26-95)133-87)144-84-69(119)63(113)53(103)41(24-93)131-84/h13,15,17,19,37,40-89,92-99,102-122H,9-12,14,16,18,20-32H2,1-8H3,(H,90,100)(H,91,101)(H,123,124)(H,125,126)/b34-15+,35-17+,36-19-/t37?,40-,41-,42-,43-,44-,45-,46-,47-,48-,49-,50-,51-,52-,53-,54-,55-,56-,57-,58-,59-,60-,61-,62+,63+,64+,65+,66+,67+,68+,69+,70+,71+,72+,73-,74-,75+,76+,77+,78+,79+,80+,81?,82+,83+,84-,85-,86+,87-,88-,89-/m1/s1. The third-order valence-electron chi connectivity index (χ3n) is 27.3. The highest BCUT2D eigenvalue weighted by molar-refractivity contribution is 7.61. The molecule has 10 aliphatic rings. The zero-order valence-corrected chi connectivity index (χ0v) is 85.1. The Kier molecular flexibility index (Phi) is 49.9. The van der Waals surface area contributed by atoms with Gasteiger partial charge in [-0.2, -0.15) is 4.31 Å². The van der Waals surface area contributed by atoms with Crippen molar-refractivity contribution in [1.82, 2.24) is 10.6 Å². The van der Waals surface area contributed by atoms with Gasteiger partial charge in [-0.1, -0.05) is 53.5 Å². The van der Waals surface area contributed by atoms with Crippen LogP contribution in [0.4, 0.5) is 0 Å². The van der Waals surface area contributed by atoms with Gasteiger partial charge in [0.15, 0.2) is 62.9 Å². The molecule has 0 aromatic carbocycles. The average molecular weight is 2220 g/mol. The van der Waals surface area contributed by atoms with Crippen LogP contribution in [0, 0.1) is 5.92 Å². The van der Waals surface area contributed by atoms with Crippen LogP contribution in [0.1, 0.15) is 113 Å². The number of hydrogen-bond acceptors (Lipinski definition) is 55. The van der Waals surface area contributed by atoms with E-state index >= 15 is 0 Å². The minimum Gasteiger partial charge on any atom is -0.394 e. The molecule has 0 bridgehead atoms. The molecule has 10 heterocycles. The molecule has 61 heteroatoms. The van der Waals surface area contributed by atoms with Crippen molar-refractivity contribution in [3.63, 3.8) is 0 Å². The number of rotatable bonds is 50. The SMILES string of the molecule is CC(=O)N[C@H]1[C@H](O[C@H]2[C@H](O)[C@@H](NC(C)=O)C(OP(=O)(O)OP(=O)(O)OCCC(C)CC/C=C(/C)CC/C=C(\C)CC/C=C(\C)CCC=C(C)C)O[C@@H]2CO)O[C@H](CO)[C@@H](O[C@@H]2O[C@H](CO[C@H]3O[C@H](CO[C@H]4O[C@H](CO)[C@@H](O)[C@H](O)[C@@H]4O)[C@@H](O)[C@H](O[C@H]4O[C@H](CO)[C@@H](O)[C@H](O)[C@@H]4O[C@H]4O[C@H](CO)[C@@H](O)[C@H](O)[C@@H]4O)[C@@H]3O)[C@@H](O)[C@H](O[C@H]3O[C@H](CO)[C@@H](O)[C@H](O)[C@@H]3O[C@H]3O[C@H](CO)[C@@H](O)[C@H](O)[C@@H]3O[C@H]3O[C@H](CO)[C@@H](O)[C@H](O)[C@@H]3O)[C@@H]2O)[C@@H]1O. The van der Waals surface area contributed by atoms with Crippen LogP contribution in [0.5, 0.6) is 0 Å². The molecule has 10 saturated heterocycles. The third kappa shape index (κ3) is 32.8. The van der Waals surface area contributed by atoms with Crippen LogP contribution in [0.3, 0.4) is 0 Å². The molecule has 2 amide bonds. The predicted octanol–water partition coefficient (Wildman–Crippen LogP) is -13.3. The zero-order valence-electron chi connectivity index (χ0n) is 83.3. The van der Waals surface area contributed by atoms with Crippen LogP contribution in [0.25, 0.3) is 0 Å². The van der Waals surface area contributed by atoms with Gasteiger partial charge in [0.2, 0.25) is 11.8 Å². The molecular formula is C89H152N2O57P2. The Bertz CT molecular complexity index is 4310. The minimum absolute atomic E-state index is 0.126. The molecule has 59 nitrogen and oxygen atoms in total. The quantitative estimate of drug-likeness (QED) is 0.0199. The maximum absolute atomic E-state index is 13.8. The molecule has 33 N–H and O–H groups in total. The molecule has 10 aliphatic heterocycles. The Labute approximate surface area is 860 Å². The van der Waals surface area contributed by atoms with E-state index < -0.39 is 407 Å². The molecule has 870 valence electrons. The van der Waals surface area contributed by atoms with Gasteiger partial charge in [0.05, 0.1) is 72.7 Å². The molecule has 150 heavy (non-hydrogen) atoms. The number of aliphatic hydroxyl groups is 29. The largest absolute Gasteiger partial charge is 0.483 e. The predicted molar refractivity (Wildman–Crippen MR) is 490 cm³/mol. The van der Waals surface area contributed by atoms with Gasteiger partial charge in [-0.3, -0.25) is 18.6 Å². The third-order valence-corrected chi connectivity index (χ3v) is 29.9. The molecular weight excluding hydrogens is 2070 g/mol. The molecule has 0 spiro atoms. The van der Waals surface area contributed by atoms with E-state index in [0.717, 1.165) is 57.9 Å². The smallest absolute Gasteiger partial charge is 0.394 e. The molecule has 0 aliphatic carbocycles. The highest BCUT2D eigenvalue weighted by Gasteiger charge is 2.63. The van der Waals surface area contributed by atoms with Gasteiger partial charge in [0, 0.05) is 13.8 Å². The van der Waals surface area contributed by atoms with Crippen LogP contribution in [0.2, 0.25) is 0 Å². The number of phosphoric ester groups is 2. The van der Waals surface area contributed by atoms with Crippen LogP contribution in [0.15, 0.2) is 46.6 Å². The summed E-state index contributed by atoms with van der Waals surface area (Å²) in [4.78, 5) is 48.2. The van der Waals surface area contributed by atoms with Crippen molar-refractivity contribution in [3.05, 3.63) is 46.6 Å². The minimum atomic E-state index is -5.97. The first-order chi connectivity index (χ1) is 70.8. The van der Waals surface area contributed by atoms with Gasteiger partial charge in [-0.15, -0.1) is 0 Å². The number of nitrogens with one attached hydrogen (secondary N) is 2. The number of allylic oxidation sites excluding steroid dienone is 8. The maximum Gasteiger partial charge on any atom is 0.483 e. The number of carbonyl (C=O) groups is 2. The fourth-order valence-corrected chi connectivity index (χ4v) is 20.6. The second-order valence-corrected chi connectivity index (χ2v) is 42.0. The summed E-state index contributed by atoms with van der Waals surface area (Å²) in [7, 11) is -11.5. The summed E-state index contributed by atoms with van der Waals surface area (Å²) in [5.74, 6) is -2.25. The Morgan fingerprint density at radius 3 is 0.947 bits per heavy atom. The van der Waals surface area contributed by atoms with E-state index in [1.165, 1.54) is 16.7 Å². The van der Waals surface area contributed by atoms with Crippen molar-refractivity contribution >= 4 is 27.5 Å². The summed E-state index contributed by atoms with van der Waals surface area (Å²) in [6.07, 6.45) is -92.4. The molecule has 0 radical (unpaired) electrons. The zero-order chi connectivity index (χ0) is 111. The fourth-order valence-electron chi connectivity index (χ4n) is 18.5. The van der Waals surface area contributed by atoms with Crippen LogP contribution in [-0.4, -0.2) is 549 Å². The first-order valence-electron chi connectivity index (χ1n) is 49.2. The van der Waals surface area contributed by atoms with Crippen molar-refractivity contribution in [2.24, 2.45) is 5.92 Å². The number of ether oxygens (including phenoxy) is 19. The van der Waals surface area contributed by atoms with Gasteiger partial charge < -0.3 is 259 Å². The molecule has 10 fully saturated rings. The summed E-state index contributed by atoms with van der Waals surface area (Å²) in [5, 5.41) is 331. The summed E-state index contributed by atoms with van der Waals surface area (Å²) >= 11 is 0. The van der Waals surface area contributed by atoms with Crippen LogP contribution < -0.4 is 10.6 Å². The van der Waals surface area contributed by atoms with E-state index in [2.05, 4.69) is 66.9 Å². The number of phosphoric acid groups is 2. The number of hydrogen-bond donors (Lipinski definition) is 33. The normalized spacial score (nSPS) is 44.2. The Morgan fingerprint density at radius 2 is 0.567 bits per heavy atom. The molecule has 0 aromatic rings. The van der Waals surface area contributed by atoms with E-state index in [-0.39, 0.29) is 12.3 Å². The lowest BCUT2D eigenvalue weighted by molar-refractivity contribution is -0.408. The van der Waals surface area contributed by atoms with Crippen molar-refractivity contribution in [1.29, 1.82) is 0 Å². The van der Waals surface area contributed by atoms with Crippen molar-refractivity contribution in [3.8, 4) is 0 Å². The molecule has 10 rings (SSSR count). The van der Waals surface area contributed by atoms with E-state index in [9.17, 15) is 177 Å². The summed E-state index contributed by atoms with van der Waals surface area (Å²) in [5.41, 5.74) is 5.08. The van der Waals surface area contributed by atoms with Crippen molar-refractivity contribution < 1.29 is 280 Å². The second-order valence-electron chi connectivity index (χ2n) is 39.0. The van der Waals surface area contributed by atoms with E-state index in [1.54, 1.807) is 0 Å². The van der Waals surface area contributed by atoms with Gasteiger partial charge in [0.1, 0.15) is 244 Å². The van der Waals surface area contributed by atoms with Gasteiger partial charge in [-0.25, -0.2) is 9.13 Å². The fraction of sp³-hybridized carbons (Fsp3) is 0.888. The average Bonchev–Trinajstić information content (AvgIpc) is 0.757. The number of amides is 2. The van der Waals surface area contributed by atoms with Gasteiger partial charge in [0.25, 0.3) is 0 Å². The second kappa shape index (κ2) is 58.5. The summed E-state index contributed by atoms with van der Waals surface area (Å²) in [6, 6.07) is -4.29. The molecule has 4 unspecified atom stereocenters. The van der Waals surface area contributed by atoms with Crippen LogP contribution >= 0.6 is 15.6 Å². The Morgan fingerprint density at radius 1 is 0.287 bits per heavy atom. The maximum atomic E-state index is 13.8. The van der Waals surface area contributed by atoms with E-state index in [1.807, 2.05) is 13.8 Å². The lowest BCUT2D eigenvalue weighted by Gasteiger charge is -2.51. The molecule has 0 saturated carbocycles. The number of aliphatic hydroxyl groups excluding tert-OH is 29. The van der Waals surface area contributed by atoms with Crippen molar-refractivity contribution in [2.75, 3.05) is 72.7 Å².